The van der Waals surface area contributed by atoms with Gasteiger partial charge >= 0.3 is 0 Å². The molecule has 0 fully saturated rings. The van der Waals surface area contributed by atoms with Crippen LogP contribution in [0.15, 0.2) is 42.6 Å². The number of hydrogen-bond acceptors (Lipinski definition) is 3. The first-order valence-electron chi connectivity index (χ1n) is 7.11. The predicted molar refractivity (Wildman–Crippen MR) is 86.0 cm³/mol. The van der Waals surface area contributed by atoms with Gasteiger partial charge in [-0.15, -0.1) is 0 Å². The second-order valence-electron chi connectivity index (χ2n) is 5.33. The number of benzene rings is 1. The Balaban J connectivity index is 2.17. The van der Waals surface area contributed by atoms with E-state index in [1.54, 1.807) is 6.07 Å². The summed E-state index contributed by atoms with van der Waals surface area (Å²) in [5.74, 6) is -0.559. The third kappa shape index (κ3) is 3.91. The molecule has 114 valence electrons. The summed E-state index contributed by atoms with van der Waals surface area (Å²) < 4.78 is 0. The lowest BCUT2D eigenvalue weighted by molar-refractivity contribution is 0.0938. The number of rotatable bonds is 4. The van der Waals surface area contributed by atoms with E-state index < -0.39 is 0 Å². The van der Waals surface area contributed by atoms with Crippen molar-refractivity contribution in [2.24, 2.45) is 0 Å². The van der Waals surface area contributed by atoms with Gasteiger partial charge in [-0.2, -0.15) is 0 Å². The molecule has 0 aliphatic heterocycles. The summed E-state index contributed by atoms with van der Waals surface area (Å²) in [7, 11) is 0. The van der Waals surface area contributed by atoms with E-state index >= 15 is 0 Å². The van der Waals surface area contributed by atoms with Crippen LogP contribution in [0.5, 0.6) is 0 Å². The molecule has 0 spiro atoms. The van der Waals surface area contributed by atoms with Crippen molar-refractivity contribution in [3.05, 3.63) is 59.4 Å². The van der Waals surface area contributed by atoms with Gasteiger partial charge in [-0.1, -0.05) is 18.2 Å². The van der Waals surface area contributed by atoms with Crippen LogP contribution in [0.4, 0.5) is 5.69 Å². The van der Waals surface area contributed by atoms with E-state index in [0.29, 0.717) is 5.56 Å². The molecule has 1 aromatic heterocycles. The fourth-order valence-corrected chi connectivity index (χ4v) is 1.94. The zero-order valence-corrected chi connectivity index (χ0v) is 12.9. The van der Waals surface area contributed by atoms with Crippen LogP contribution < -0.4 is 10.6 Å². The average Bonchev–Trinajstić information content (AvgIpc) is 2.49. The van der Waals surface area contributed by atoms with Gasteiger partial charge in [-0.25, -0.2) is 0 Å². The van der Waals surface area contributed by atoms with Gasteiger partial charge < -0.3 is 10.6 Å². The second kappa shape index (κ2) is 6.85. The lowest BCUT2D eigenvalue weighted by Crippen LogP contribution is -2.31. The van der Waals surface area contributed by atoms with E-state index in [1.807, 2.05) is 45.0 Å². The molecule has 5 nitrogen and oxygen atoms in total. The number of hydrogen-bond donors (Lipinski definition) is 2. The van der Waals surface area contributed by atoms with E-state index in [4.69, 9.17) is 0 Å². The van der Waals surface area contributed by atoms with Crippen molar-refractivity contribution in [1.29, 1.82) is 0 Å². The van der Waals surface area contributed by atoms with Crippen LogP contribution in [-0.4, -0.2) is 22.8 Å². The number of nitrogens with zero attached hydrogens (tertiary/aromatic N) is 1. The van der Waals surface area contributed by atoms with E-state index in [2.05, 4.69) is 15.6 Å². The molecular weight excluding hydrogens is 278 g/mol. The van der Waals surface area contributed by atoms with Crippen molar-refractivity contribution in [3.8, 4) is 0 Å². The molecule has 1 heterocycles. The molecule has 0 radical (unpaired) electrons. The highest BCUT2D eigenvalue weighted by Gasteiger charge is 2.13. The Hall–Kier alpha value is -2.69. The maximum absolute atomic E-state index is 12.3. The van der Waals surface area contributed by atoms with Crippen LogP contribution in [0.1, 0.15) is 40.3 Å². The molecule has 0 aliphatic rings. The van der Waals surface area contributed by atoms with Crippen LogP contribution in [-0.2, 0) is 0 Å². The van der Waals surface area contributed by atoms with E-state index in [-0.39, 0.29) is 23.6 Å². The number of amides is 2. The van der Waals surface area contributed by atoms with E-state index in [9.17, 15) is 9.59 Å². The van der Waals surface area contributed by atoms with Crippen molar-refractivity contribution in [2.45, 2.75) is 26.8 Å². The number of carbonyl (C=O) groups is 2. The summed E-state index contributed by atoms with van der Waals surface area (Å²) in [6.45, 7) is 5.66. The van der Waals surface area contributed by atoms with Gasteiger partial charge in [-0.3, -0.25) is 14.6 Å². The molecule has 22 heavy (non-hydrogen) atoms. The normalized spacial score (nSPS) is 10.4. The molecule has 2 N–H and O–H groups in total. The van der Waals surface area contributed by atoms with Crippen molar-refractivity contribution in [2.75, 3.05) is 5.32 Å². The van der Waals surface area contributed by atoms with Gasteiger partial charge in [0.05, 0.1) is 0 Å². The number of anilines is 1. The summed E-state index contributed by atoms with van der Waals surface area (Å²) >= 11 is 0. The van der Waals surface area contributed by atoms with Gasteiger partial charge in [-0.05, 0) is 44.5 Å². The fourth-order valence-electron chi connectivity index (χ4n) is 1.94. The standard InChI is InChI=1S/C17H19N3O2/c1-11(2)19-17(22)15-10-13(8-9-18-15)16(21)20-14-7-5-4-6-12(14)3/h4-11H,1-3H3,(H,19,22)(H,20,21). The SMILES string of the molecule is Cc1ccccc1NC(=O)c1ccnc(C(=O)NC(C)C)c1. The molecule has 5 heteroatoms. The van der Waals surface area contributed by atoms with Gasteiger partial charge in [0.25, 0.3) is 11.8 Å². The largest absolute Gasteiger partial charge is 0.349 e. The molecule has 0 saturated carbocycles. The summed E-state index contributed by atoms with van der Waals surface area (Å²) in [6, 6.07) is 10.6. The van der Waals surface area contributed by atoms with Crippen LogP contribution in [0, 0.1) is 6.92 Å². The lowest BCUT2D eigenvalue weighted by atomic mass is 10.1. The first kappa shape index (κ1) is 15.7. The van der Waals surface area contributed by atoms with Crippen molar-refractivity contribution in [3.63, 3.8) is 0 Å². The Bertz CT molecular complexity index is 696. The highest BCUT2D eigenvalue weighted by atomic mass is 16.2. The number of pyridine rings is 1. The number of aromatic nitrogens is 1. The van der Waals surface area contributed by atoms with Gasteiger partial charge in [0.15, 0.2) is 0 Å². The first-order valence-corrected chi connectivity index (χ1v) is 7.11. The number of nitrogens with one attached hydrogen (secondary N) is 2. The molecule has 1 aromatic carbocycles. The predicted octanol–water partition coefficient (Wildman–Crippen LogP) is 2.78. The molecule has 0 bridgehead atoms. The summed E-state index contributed by atoms with van der Waals surface area (Å²) in [6.07, 6.45) is 1.46. The Morgan fingerprint density at radius 3 is 2.50 bits per heavy atom. The molecular formula is C17H19N3O2. The van der Waals surface area contributed by atoms with Crippen molar-refractivity contribution in [1.82, 2.24) is 10.3 Å². The Kier molecular flexibility index (Phi) is 4.88. The maximum Gasteiger partial charge on any atom is 0.270 e. The van der Waals surface area contributed by atoms with Crippen LogP contribution in [0.25, 0.3) is 0 Å². The molecule has 0 atom stereocenters. The molecule has 0 unspecified atom stereocenters. The third-order valence-corrected chi connectivity index (χ3v) is 3.07. The zero-order chi connectivity index (χ0) is 16.1. The topological polar surface area (TPSA) is 71.1 Å². The molecule has 2 aromatic rings. The highest BCUT2D eigenvalue weighted by molar-refractivity contribution is 6.06. The molecule has 2 rings (SSSR count). The maximum atomic E-state index is 12.3. The van der Waals surface area contributed by atoms with Crippen LogP contribution in [0.2, 0.25) is 0 Å². The summed E-state index contributed by atoms with van der Waals surface area (Å²) in [5.41, 5.74) is 2.35. The number of aryl methyl sites for hydroxylation is 1. The Labute approximate surface area is 129 Å². The number of para-hydroxylation sites is 1. The Morgan fingerprint density at radius 2 is 1.82 bits per heavy atom. The van der Waals surface area contributed by atoms with E-state index in [0.717, 1.165) is 11.3 Å². The fraction of sp³-hybridized carbons (Fsp3) is 0.235. The van der Waals surface area contributed by atoms with Gasteiger partial charge in [0, 0.05) is 23.5 Å². The molecule has 0 saturated heterocycles. The molecule has 2 amide bonds. The van der Waals surface area contributed by atoms with Crippen LogP contribution in [0.3, 0.4) is 0 Å². The minimum Gasteiger partial charge on any atom is -0.349 e. The summed E-state index contributed by atoms with van der Waals surface area (Å²) in [4.78, 5) is 28.2. The van der Waals surface area contributed by atoms with E-state index in [1.165, 1.54) is 12.3 Å². The smallest absolute Gasteiger partial charge is 0.270 e. The molecule has 0 aliphatic carbocycles. The van der Waals surface area contributed by atoms with Gasteiger partial charge in [0.2, 0.25) is 0 Å². The Morgan fingerprint density at radius 1 is 1.09 bits per heavy atom. The minimum absolute atomic E-state index is 0.0127. The van der Waals surface area contributed by atoms with Crippen molar-refractivity contribution < 1.29 is 9.59 Å². The highest BCUT2D eigenvalue weighted by Crippen LogP contribution is 2.14. The quantitative estimate of drug-likeness (QED) is 0.911. The zero-order valence-electron chi connectivity index (χ0n) is 12.9. The van der Waals surface area contributed by atoms with Crippen molar-refractivity contribution >= 4 is 17.5 Å². The van der Waals surface area contributed by atoms with Gasteiger partial charge in [0.1, 0.15) is 5.69 Å². The lowest BCUT2D eigenvalue weighted by Gasteiger charge is -2.10. The first-order chi connectivity index (χ1) is 10.5. The summed E-state index contributed by atoms with van der Waals surface area (Å²) in [5, 5.41) is 5.59. The second-order valence-corrected chi connectivity index (χ2v) is 5.33. The number of carbonyl (C=O) groups excluding carboxylic acids is 2. The third-order valence-electron chi connectivity index (χ3n) is 3.07. The van der Waals surface area contributed by atoms with Crippen LogP contribution >= 0.6 is 0 Å². The average molecular weight is 297 g/mol. The monoisotopic (exact) mass is 297 g/mol. The minimum atomic E-state index is -0.291.